The number of nitrogens with zero attached hydrogens (tertiary/aromatic N) is 3. The molecule has 31 heavy (non-hydrogen) atoms. The number of benzene rings is 2. The van der Waals surface area contributed by atoms with Crippen LogP contribution in [0.25, 0.3) is 0 Å². The second-order valence-corrected chi connectivity index (χ2v) is 10.0. The third-order valence-corrected chi connectivity index (χ3v) is 7.82. The molecule has 1 fully saturated rings. The Hall–Kier alpha value is -1.93. The molecule has 0 aromatic heterocycles. The lowest BCUT2D eigenvalue weighted by atomic mass is 10.2. The van der Waals surface area contributed by atoms with Crippen LogP contribution in [-0.2, 0) is 16.6 Å². The molecule has 1 heterocycles. The van der Waals surface area contributed by atoms with Gasteiger partial charge in [-0.25, -0.2) is 8.42 Å². The summed E-state index contributed by atoms with van der Waals surface area (Å²) in [5, 5.41) is 0.710. The molecule has 3 rings (SSSR count). The molecule has 0 radical (unpaired) electrons. The number of hydrogen-bond donors (Lipinski definition) is 0. The summed E-state index contributed by atoms with van der Waals surface area (Å²) in [4.78, 5) is 16.7. The lowest BCUT2D eigenvalue weighted by Crippen LogP contribution is -2.35. The van der Waals surface area contributed by atoms with Gasteiger partial charge in [-0.3, -0.25) is 9.69 Å². The van der Waals surface area contributed by atoms with Crippen molar-refractivity contribution in [1.82, 2.24) is 14.1 Å². The van der Waals surface area contributed by atoms with Crippen LogP contribution in [0.3, 0.4) is 0 Å². The minimum absolute atomic E-state index is 0.0819. The molecule has 0 bridgehead atoms. The van der Waals surface area contributed by atoms with Gasteiger partial charge in [0.15, 0.2) is 0 Å². The number of rotatable bonds is 7. The Balaban J connectivity index is 1.66. The molecule has 2 aromatic carbocycles. The van der Waals surface area contributed by atoms with Crippen LogP contribution in [0, 0.1) is 0 Å². The van der Waals surface area contributed by atoms with Gasteiger partial charge < -0.3 is 4.90 Å². The summed E-state index contributed by atoms with van der Waals surface area (Å²) in [6.07, 6.45) is 0.769. The highest BCUT2D eigenvalue weighted by Crippen LogP contribution is 2.20. The third-order valence-electron chi connectivity index (χ3n) is 5.66. The lowest BCUT2D eigenvalue weighted by Gasteiger charge is -2.22. The number of sulfonamides is 1. The predicted octanol–water partition coefficient (Wildman–Crippen LogP) is 3.72. The standard InChI is InChI=1S/C23H30ClN3O3S/c1-3-26(4-2)23(28)20-8-12-22(13-9-20)31(29,30)27-15-5-14-25(16-17-27)18-19-6-10-21(24)11-7-19/h6-13H,3-5,14-18H2,1-2H3. The van der Waals surface area contributed by atoms with Gasteiger partial charge in [-0.05, 0) is 68.8 Å². The summed E-state index contributed by atoms with van der Waals surface area (Å²) in [5.74, 6) is -0.0819. The van der Waals surface area contributed by atoms with Crippen molar-refractivity contribution in [1.29, 1.82) is 0 Å². The first-order valence-corrected chi connectivity index (χ1v) is 12.5. The molecule has 2 aromatic rings. The van der Waals surface area contributed by atoms with Crippen molar-refractivity contribution in [3.8, 4) is 0 Å². The van der Waals surface area contributed by atoms with E-state index >= 15 is 0 Å². The zero-order chi connectivity index (χ0) is 22.4. The van der Waals surface area contributed by atoms with Gasteiger partial charge in [0.1, 0.15) is 0 Å². The Kier molecular flexibility index (Phi) is 8.11. The van der Waals surface area contributed by atoms with Crippen LogP contribution in [0.2, 0.25) is 5.02 Å². The van der Waals surface area contributed by atoms with Crippen molar-refractivity contribution in [2.75, 3.05) is 39.3 Å². The normalized spacial score (nSPS) is 16.1. The largest absolute Gasteiger partial charge is 0.339 e. The fourth-order valence-electron chi connectivity index (χ4n) is 3.81. The SMILES string of the molecule is CCN(CC)C(=O)c1ccc(S(=O)(=O)N2CCCN(Cc3ccc(Cl)cc3)CC2)cc1. The quantitative estimate of drug-likeness (QED) is 0.627. The minimum atomic E-state index is -3.60. The average molecular weight is 464 g/mol. The first-order valence-electron chi connectivity index (χ1n) is 10.7. The molecule has 0 N–H and O–H groups in total. The van der Waals surface area contributed by atoms with Crippen molar-refractivity contribution in [3.05, 3.63) is 64.7 Å². The first-order chi connectivity index (χ1) is 14.8. The van der Waals surface area contributed by atoms with Crippen LogP contribution >= 0.6 is 11.6 Å². The first kappa shape index (κ1) is 23.7. The van der Waals surface area contributed by atoms with Crippen molar-refractivity contribution in [3.63, 3.8) is 0 Å². The topological polar surface area (TPSA) is 60.9 Å². The smallest absolute Gasteiger partial charge is 0.253 e. The molecule has 0 spiro atoms. The fraction of sp³-hybridized carbons (Fsp3) is 0.435. The van der Waals surface area contributed by atoms with Gasteiger partial charge in [-0.1, -0.05) is 23.7 Å². The Morgan fingerprint density at radius 2 is 1.58 bits per heavy atom. The highest BCUT2D eigenvalue weighted by atomic mass is 35.5. The second kappa shape index (κ2) is 10.6. The molecule has 1 amide bonds. The van der Waals surface area contributed by atoms with Crippen molar-refractivity contribution in [2.24, 2.45) is 0 Å². The van der Waals surface area contributed by atoms with Gasteiger partial charge in [0.05, 0.1) is 4.90 Å². The van der Waals surface area contributed by atoms with E-state index in [4.69, 9.17) is 11.6 Å². The molecule has 0 saturated carbocycles. The maximum atomic E-state index is 13.2. The predicted molar refractivity (Wildman–Crippen MR) is 124 cm³/mol. The van der Waals surface area contributed by atoms with E-state index < -0.39 is 10.0 Å². The van der Waals surface area contributed by atoms with E-state index in [1.54, 1.807) is 33.5 Å². The molecular weight excluding hydrogens is 434 g/mol. The average Bonchev–Trinajstić information content (AvgIpc) is 3.02. The highest BCUT2D eigenvalue weighted by Gasteiger charge is 2.27. The molecule has 1 aliphatic heterocycles. The van der Waals surface area contributed by atoms with Crippen LogP contribution in [0.1, 0.15) is 36.2 Å². The van der Waals surface area contributed by atoms with Crippen molar-refractivity contribution >= 4 is 27.5 Å². The van der Waals surface area contributed by atoms with Gasteiger partial charge in [0, 0.05) is 49.9 Å². The molecule has 1 aliphatic rings. The number of hydrogen-bond acceptors (Lipinski definition) is 4. The summed E-state index contributed by atoms with van der Waals surface area (Å²) in [6, 6.07) is 14.1. The second-order valence-electron chi connectivity index (χ2n) is 7.66. The van der Waals surface area contributed by atoms with E-state index in [-0.39, 0.29) is 10.8 Å². The number of carbonyl (C=O) groups excluding carboxylic acids is 1. The Labute approximate surface area is 190 Å². The zero-order valence-electron chi connectivity index (χ0n) is 18.1. The number of carbonyl (C=O) groups is 1. The van der Waals surface area contributed by atoms with E-state index in [1.165, 1.54) is 0 Å². The van der Waals surface area contributed by atoms with Crippen LogP contribution in [0.15, 0.2) is 53.4 Å². The molecule has 6 nitrogen and oxygen atoms in total. The van der Waals surface area contributed by atoms with Gasteiger partial charge in [0.2, 0.25) is 10.0 Å². The molecule has 1 saturated heterocycles. The van der Waals surface area contributed by atoms with E-state index in [9.17, 15) is 13.2 Å². The Morgan fingerprint density at radius 3 is 2.19 bits per heavy atom. The molecule has 8 heteroatoms. The molecular formula is C23H30ClN3O3S. The van der Waals surface area contributed by atoms with Crippen LogP contribution < -0.4 is 0 Å². The van der Waals surface area contributed by atoms with Gasteiger partial charge in [-0.15, -0.1) is 0 Å². The summed E-state index contributed by atoms with van der Waals surface area (Å²) < 4.78 is 27.9. The van der Waals surface area contributed by atoms with Crippen molar-refractivity contribution < 1.29 is 13.2 Å². The summed E-state index contributed by atoms with van der Waals surface area (Å²) in [5.41, 5.74) is 1.67. The van der Waals surface area contributed by atoms with Crippen LogP contribution in [0.5, 0.6) is 0 Å². The molecule has 0 atom stereocenters. The summed E-state index contributed by atoms with van der Waals surface area (Å²) >= 11 is 5.96. The van der Waals surface area contributed by atoms with Gasteiger partial charge in [-0.2, -0.15) is 4.31 Å². The van der Waals surface area contributed by atoms with Gasteiger partial charge >= 0.3 is 0 Å². The monoisotopic (exact) mass is 463 g/mol. The zero-order valence-corrected chi connectivity index (χ0v) is 19.7. The van der Waals surface area contributed by atoms with Crippen LogP contribution in [0.4, 0.5) is 0 Å². The summed E-state index contributed by atoms with van der Waals surface area (Å²) in [7, 11) is -3.60. The van der Waals surface area contributed by atoms with Crippen molar-refractivity contribution in [2.45, 2.75) is 31.7 Å². The summed E-state index contributed by atoms with van der Waals surface area (Å²) in [6.45, 7) is 8.30. The molecule has 0 unspecified atom stereocenters. The molecule has 0 aliphatic carbocycles. The lowest BCUT2D eigenvalue weighted by molar-refractivity contribution is 0.0773. The number of halogens is 1. The number of amides is 1. The van der Waals surface area contributed by atoms with E-state index in [1.807, 2.05) is 38.1 Å². The Bertz CT molecular complexity index is 974. The van der Waals surface area contributed by atoms with E-state index in [2.05, 4.69) is 4.90 Å². The minimum Gasteiger partial charge on any atom is -0.339 e. The fourth-order valence-corrected chi connectivity index (χ4v) is 5.40. The highest BCUT2D eigenvalue weighted by molar-refractivity contribution is 7.89. The van der Waals surface area contributed by atoms with E-state index in [0.29, 0.717) is 43.3 Å². The maximum Gasteiger partial charge on any atom is 0.253 e. The van der Waals surface area contributed by atoms with E-state index in [0.717, 1.165) is 25.1 Å². The third kappa shape index (κ3) is 5.86. The van der Waals surface area contributed by atoms with Gasteiger partial charge in [0.25, 0.3) is 5.91 Å². The molecule has 168 valence electrons. The Morgan fingerprint density at radius 1 is 0.935 bits per heavy atom. The maximum absolute atomic E-state index is 13.2. The van der Waals surface area contributed by atoms with Crippen LogP contribution in [-0.4, -0.2) is 67.7 Å².